The van der Waals surface area contributed by atoms with Crippen LogP contribution in [0.5, 0.6) is 6.01 Å². The molecule has 2 aliphatic heterocycles. The van der Waals surface area contributed by atoms with Gasteiger partial charge in [0.15, 0.2) is 5.82 Å². The lowest BCUT2D eigenvalue weighted by molar-refractivity contribution is -0.234. The van der Waals surface area contributed by atoms with Crippen molar-refractivity contribution in [2.75, 3.05) is 46.6 Å². The first-order valence-corrected chi connectivity index (χ1v) is 12.8. The summed E-state index contributed by atoms with van der Waals surface area (Å²) in [5.41, 5.74) is 1.59. The molecule has 0 radical (unpaired) electrons. The molecule has 1 N–H and O–H groups in total. The van der Waals surface area contributed by atoms with E-state index in [9.17, 15) is 9.18 Å². The van der Waals surface area contributed by atoms with E-state index in [0.29, 0.717) is 41.7 Å². The highest BCUT2D eigenvalue weighted by Gasteiger charge is 2.43. The molecule has 5 rings (SSSR count). The topological polar surface area (TPSA) is 112 Å². The number of hydrogen-bond acceptors (Lipinski definition) is 8. The van der Waals surface area contributed by atoms with Gasteiger partial charge in [-0.1, -0.05) is 0 Å². The molecule has 2 saturated heterocycles. The number of carbonyl (C=O) groups excluding carboxylic acids is 1. The standard InChI is InChI=1S/C27H32FN5O5/c1-27(25(34)33-12-4-3-5-13-33)16-37-24(38-17-27)23-31-21(18-6-8-19(28)9-7-18)22(32-23)20-10-11-29-26(30-20)36-15-14-35-2/h6-11,24H,3-5,12-17H2,1-2H3,(H,31,32). The number of ether oxygens (including phenoxy) is 4. The number of benzene rings is 1. The Balaban J connectivity index is 1.39. The van der Waals surface area contributed by atoms with Crippen LogP contribution in [-0.2, 0) is 19.0 Å². The van der Waals surface area contributed by atoms with Gasteiger partial charge in [-0.3, -0.25) is 4.79 Å². The van der Waals surface area contributed by atoms with Crippen LogP contribution in [0.1, 0.15) is 38.3 Å². The molecule has 3 aromatic rings. The first-order chi connectivity index (χ1) is 18.5. The summed E-state index contributed by atoms with van der Waals surface area (Å²) in [5, 5.41) is 0. The number of nitrogens with one attached hydrogen (secondary N) is 1. The molecule has 1 amide bonds. The molecular formula is C27H32FN5O5. The van der Waals surface area contributed by atoms with Crippen LogP contribution in [0, 0.1) is 11.2 Å². The Morgan fingerprint density at radius 2 is 1.84 bits per heavy atom. The lowest BCUT2D eigenvalue weighted by Crippen LogP contribution is -2.51. The maximum Gasteiger partial charge on any atom is 0.317 e. The molecule has 1 aromatic carbocycles. The quantitative estimate of drug-likeness (QED) is 0.443. The zero-order valence-electron chi connectivity index (χ0n) is 21.6. The molecule has 2 aliphatic rings. The lowest BCUT2D eigenvalue weighted by atomic mass is 9.89. The van der Waals surface area contributed by atoms with Gasteiger partial charge in [0, 0.05) is 32.0 Å². The number of piperidine rings is 1. The number of nitrogens with zero attached hydrogens (tertiary/aromatic N) is 4. The number of amides is 1. The van der Waals surface area contributed by atoms with E-state index < -0.39 is 11.7 Å². The molecule has 0 atom stereocenters. The van der Waals surface area contributed by atoms with E-state index in [1.807, 2.05) is 11.8 Å². The van der Waals surface area contributed by atoms with Gasteiger partial charge in [-0.15, -0.1) is 0 Å². The average molecular weight is 526 g/mol. The van der Waals surface area contributed by atoms with Crippen LogP contribution >= 0.6 is 0 Å². The van der Waals surface area contributed by atoms with Crippen LogP contribution in [0.15, 0.2) is 36.5 Å². The maximum absolute atomic E-state index is 13.6. The third-order valence-corrected chi connectivity index (χ3v) is 6.74. The van der Waals surface area contributed by atoms with Gasteiger partial charge >= 0.3 is 6.01 Å². The fraction of sp³-hybridized carbons (Fsp3) is 0.481. The fourth-order valence-corrected chi connectivity index (χ4v) is 4.64. The highest BCUT2D eigenvalue weighted by atomic mass is 19.1. The van der Waals surface area contributed by atoms with Crippen LogP contribution < -0.4 is 4.74 Å². The lowest BCUT2D eigenvalue weighted by Gasteiger charge is -2.40. The number of imidazole rings is 1. The Hall–Kier alpha value is -3.41. The maximum atomic E-state index is 13.6. The van der Waals surface area contributed by atoms with Crippen molar-refractivity contribution in [3.8, 4) is 28.7 Å². The first-order valence-electron chi connectivity index (χ1n) is 12.8. The minimum absolute atomic E-state index is 0.0600. The van der Waals surface area contributed by atoms with Crippen molar-refractivity contribution in [3.05, 3.63) is 48.2 Å². The van der Waals surface area contributed by atoms with Gasteiger partial charge in [-0.25, -0.2) is 14.4 Å². The monoisotopic (exact) mass is 525 g/mol. The summed E-state index contributed by atoms with van der Waals surface area (Å²) in [4.78, 5) is 31.8. The third-order valence-electron chi connectivity index (χ3n) is 6.74. The molecule has 38 heavy (non-hydrogen) atoms. The Morgan fingerprint density at radius 3 is 2.55 bits per heavy atom. The summed E-state index contributed by atoms with van der Waals surface area (Å²) < 4.78 is 36.3. The Labute approximate surface area is 220 Å². The highest BCUT2D eigenvalue weighted by molar-refractivity contribution is 5.83. The second kappa shape index (κ2) is 11.5. The van der Waals surface area contributed by atoms with Crippen molar-refractivity contribution >= 4 is 5.91 Å². The Bertz CT molecular complexity index is 1240. The highest BCUT2D eigenvalue weighted by Crippen LogP contribution is 2.36. The SMILES string of the molecule is COCCOc1nccc(-c2[nH]c(C3OCC(C)(C(=O)N4CCCCC4)CO3)nc2-c2ccc(F)cc2)n1. The molecule has 0 spiro atoms. The van der Waals surface area contributed by atoms with Crippen molar-refractivity contribution in [3.63, 3.8) is 0 Å². The van der Waals surface area contributed by atoms with Crippen molar-refractivity contribution in [2.24, 2.45) is 5.41 Å². The molecule has 0 saturated carbocycles. The zero-order chi connectivity index (χ0) is 26.5. The van der Waals surface area contributed by atoms with Crippen molar-refractivity contribution in [2.45, 2.75) is 32.5 Å². The van der Waals surface area contributed by atoms with Gasteiger partial charge in [-0.2, -0.15) is 4.98 Å². The summed E-state index contributed by atoms with van der Waals surface area (Å²) in [6.45, 7) is 4.55. The van der Waals surface area contributed by atoms with Gasteiger partial charge in [-0.05, 0) is 56.5 Å². The summed E-state index contributed by atoms with van der Waals surface area (Å²) >= 11 is 0. The molecular weight excluding hydrogens is 493 g/mol. The number of carbonyl (C=O) groups is 1. The molecule has 0 bridgehead atoms. The van der Waals surface area contributed by atoms with E-state index in [1.165, 1.54) is 12.1 Å². The van der Waals surface area contributed by atoms with E-state index in [0.717, 1.165) is 32.4 Å². The van der Waals surface area contributed by atoms with E-state index in [4.69, 9.17) is 23.9 Å². The van der Waals surface area contributed by atoms with Crippen molar-refractivity contribution < 1.29 is 28.1 Å². The molecule has 0 unspecified atom stereocenters. The second-order valence-electron chi connectivity index (χ2n) is 9.79. The van der Waals surface area contributed by atoms with Crippen molar-refractivity contribution in [1.82, 2.24) is 24.8 Å². The molecule has 0 aliphatic carbocycles. The van der Waals surface area contributed by atoms with E-state index in [-0.39, 0.29) is 30.9 Å². The molecule has 2 fully saturated rings. The van der Waals surface area contributed by atoms with Crippen LogP contribution in [-0.4, -0.2) is 77.4 Å². The zero-order valence-corrected chi connectivity index (χ0v) is 21.6. The molecule has 10 nitrogen and oxygen atoms in total. The number of aromatic amines is 1. The predicted octanol–water partition coefficient (Wildman–Crippen LogP) is 3.76. The smallest absolute Gasteiger partial charge is 0.317 e. The van der Waals surface area contributed by atoms with Crippen LogP contribution in [0.3, 0.4) is 0 Å². The predicted molar refractivity (Wildman–Crippen MR) is 136 cm³/mol. The first kappa shape index (κ1) is 26.2. The number of H-pyrrole nitrogens is 1. The van der Waals surface area contributed by atoms with Gasteiger partial charge in [0.05, 0.1) is 42.3 Å². The average Bonchev–Trinajstić information content (AvgIpc) is 3.40. The summed E-state index contributed by atoms with van der Waals surface area (Å²) in [6.07, 6.45) is 3.99. The van der Waals surface area contributed by atoms with Gasteiger partial charge in [0.25, 0.3) is 0 Å². The fourth-order valence-electron chi connectivity index (χ4n) is 4.64. The number of likely N-dealkylation sites (tertiary alicyclic amines) is 1. The molecule has 2 aromatic heterocycles. The summed E-state index contributed by atoms with van der Waals surface area (Å²) in [6, 6.07) is 7.96. The largest absolute Gasteiger partial charge is 0.461 e. The van der Waals surface area contributed by atoms with E-state index >= 15 is 0 Å². The molecule has 202 valence electrons. The minimum Gasteiger partial charge on any atom is -0.461 e. The van der Waals surface area contributed by atoms with Crippen LogP contribution in [0.2, 0.25) is 0 Å². The number of aromatic nitrogens is 4. The number of methoxy groups -OCH3 is 1. The Kier molecular flexibility index (Phi) is 7.96. The van der Waals surface area contributed by atoms with E-state index in [2.05, 4.69) is 15.0 Å². The Morgan fingerprint density at radius 1 is 1.11 bits per heavy atom. The second-order valence-corrected chi connectivity index (χ2v) is 9.79. The number of rotatable bonds is 8. The van der Waals surface area contributed by atoms with Gasteiger partial charge < -0.3 is 28.8 Å². The number of halogens is 1. The molecule has 11 heteroatoms. The van der Waals surface area contributed by atoms with Gasteiger partial charge in [0.1, 0.15) is 12.4 Å². The van der Waals surface area contributed by atoms with Crippen molar-refractivity contribution in [1.29, 1.82) is 0 Å². The third kappa shape index (κ3) is 5.69. The minimum atomic E-state index is -0.801. The van der Waals surface area contributed by atoms with Crippen LogP contribution in [0.4, 0.5) is 4.39 Å². The van der Waals surface area contributed by atoms with E-state index in [1.54, 1.807) is 31.5 Å². The summed E-state index contributed by atoms with van der Waals surface area (Å²) in [5.74, 6) is 0.135. The summed E-state index contributed by atoms with van der Waals surface area (Å²) in [7, 11) is 1.59. The van der Waals surface area contributed by atoms with Crippen LogP contribution in [0.25, 0.3) is 22.6 Å². The normalized spacial score (nSPS) is 21.9. The molecule has 4 heterocycles. The number of hydrogen-bond donors (Lipinski definition) is 1. The van der Waals surface area contributed by atoms with Gasteiger partial charge in [0.2, 0.25) is 12.2 Å².